The molecule has 0 heterocycles. The highest BCUT2D eigenvalue weighted by atomic mass is 19.4. The standard InChI is InChI=1S/C10H8F3NO5/c1-2-18-9(15)7-4-3-6(14(16)17)5-8(7)19-10(11,12)13/h3-5H,2H2,1H3. The number of rotatable bonds is 4. The number of non-ortho nitro benzene ring substituents is 1. The van der Waals surface area contributed by atoms with Gasteiger partial charge in [0.25, 0.3) is 5.69 Å². The van der Waals surface area contributed by atoms with Crippen molar-refractivity contribution in [3.63, 3.8) is 0 Å². The summed E-state index contributed by atoms with van der Waals surface area (Å²) in [5.74, 6) is -2.03. The molecule has 1 aromatic rings. The fourth-order valence-corrected chi connectivity index (χ4v) is 1.21. The van der Waals surface area contributed by atoms with Crippen molar-refractivity contribution >= 4 is 11.7 Å². The number of alkyl halides is 3. The first-order chi connectivity index (χ1) is 8.74. The first-order valence-corrected chi connectivity index (χ1v) is 4.96. The van der Waals surface area contributed by atoms with Gasteiger partial charge in [-0.15, -0.1) is 13.2 Å². The van der Waals surface area contributed by atoms with E-state index in [-0.39, 0.29) is 6.61 Å². The molecule has 0 aliphatic heterocycles. The van der Waals surface area contributed by atoms with Gasteiger partial charge in [-0.1, -0.05) is 0 Å². The third-order valence-electron chi connectivity index (χ3n) is 1.90. The van der Waals surface area contributed by atoms with Crippen molar-refractivity contribution < 1.29 is 32.4 Å². The van der Waals surface area contributed by atoms with Gasteiger partial charge < -0.3 is 9.47 Å². The monoisotopic (exact) mass is 279 g/mol. The van der Waals surface area contributed by atoms with E-state index in [4.69, 9.17) is 0 Å². The predicted octanol–water partition coefficient (Wildman–Crippen LogP) is 2.67. The van der Waals surface area contributed by atoms with Gasteiger partial charge in [-0.3, -0.25) is 10.1 Å². The van der Waals surface area contributed by atoms with Gasteiger partial charge in [-0.25, -0.2) is 4.79 Å². The van der Waals surface area contributed by atoms with Gasteiger partial charge in [0.1, 0.15) is 5.56 Å². The Balaban J connectivity index is 3.22. The van der Waals surface area contributed by atoms with E-state index in [9.17, 15) is 28.1 Å². The number of halogens is 3. The minimum atomic E-state index is -5.07. The summed E-state index contributed by atoms with van der Waals surface area (Å²) < 4.78 is 44.6. The maximum atomic E-state index is 12.2. The summed E-state index contributed by atoms with van der Waals surface area (Å²) in [4.78, 5) is 21.0. The molecule has 0 aliphatic rings. The van der Waals surface area contributed by atoms with Gasteiger partial charge in [0.05, 0.1) is 17.6 Å². The van der Waals surface area contributed by atoms with E-state index in [0.29, 0.717) is 6.07 Å². The fourth-order valence-electron chi connectivity index (χ4n) is 1.21. The number of benzene rings is 1. The molecule has 0 atom stereocenters. The molecule has 0 saturated heterocycles. The van der Waals surface area contributed by atoms with Crippen LogP contribution in [0.3, 0.4) is 0 Å². The smallest absolute Gasteiger partial charge is 0.462 e. The molecule has 0 aliphatic carbocycles. The highest BCUT2D eigenvalue weighted by Gasteiger charge is 2.34. The molecule has 0 fully saturated rings. The zero-order valence-electron chi connectivity index (χ0n) is 9.56. The topological polar surface area (TPSA) is 78.7 Å². The van der Waals surface area contributed by atoms with Crippen LogP contribution in [0.1, 0.15) is 17.3 Å². The molecule has 0 unspecified atom stereocenters. The van der Waals surface area contributed by atoms with E-state index < -0.39 is 34.3 Å². The molecule has 0 bridgehead atoms. The van der Waals surface area contributed by atoms with Crippen molar-refractivity contribution in [3.05, 3.63) is 33.9 Å². The second-order valence-electron chi connectivity index (χ2n) is 3.21. The average molecular weight is 279 g/mol. The highest BCUT2D eigenvalue weighted by molar-refractivity contribution is 5.93. The van der Waals surface area contributed by atoms with Crippen LogP contribution in [-0.2, 0) is 4.74 Å². The SMILES string of the molecule is CCOC(=O)c1ccc([N+](=O)[O-])cc1OC(F)(F)F. The second-order valence-corrected chi connectivity index (χ2v) is 3.21. The molecule has 0 N–H and O–H groups in total. The van der Waals surface area contributed by atoms with Crippen LogP contribution in [0.4, 0.5) is 18.9 Å². The summed E-state index contributed by atoms with van der Waals surface area (Å²) in [5, 5.41) is 10.5. The van der Waals surface area contributed by atoms with Crippen LogP contribution < -0.4 is 4.74 Å². The Hall–Kier alpha value is -2.32. The normalized spacial score (nSPS) is 10.9. The summed E-state index contributed by atoms with van der Waals surface area (Å²) >= 11 is 0. The average Bonchev–Trinajstić information content (AvgIpc) is 2.26. The van der Waals surface area contributed by atoms with Crippen molar-refractivity contribution in [1.29, 1.82) is 0 Å². The number of carbonyl (C=O) groups excluding carboxylic acids is 1. The summed E-state index contributed by atoms with van der Waals surface area (Å²) in [6.45, 7) is 1.41. The Morgan fingerprint density at radius 1 is 1.42 bits per heavy atom. The van der Waals surface area contributed by atoms with E-state index in [2.05, 4.69) is 9.47 Å². The summed E-state index contributed by atoms with van der Waals surface area (Å²) in [7, 11) is 0. The van der Waals surface area contributed by atoms with Crippen LogP contribution in [0.15, 0.2) is 18.2 Å². The van der Waals surface area contributed by atoms with Crippen LogP contribution >= 0.6 is 0 Å². The van der Waals surface area contributed by atoms with Crippen LogP contribution in [0, 0.1) is 10.1 Å². The zero-order valence-corrected chi connectivity index (χ0v) is 9.56. The Bertz CT molecular complexity index is 500. The first-order valence-electron chi connectivity index (χ1n) is 4.96. The fraction of sp³-hybridized carbons (Fsp3) is 0.300. The van der Waals surface area contributed by atoms with Gasteiger partial charge in [-0.2, -0.15) is 0 Å². The van der Waals surface area contributed by atoms with Crippen LogP contribution in [0.2, 0.25) is 0 Å². The zero-order chi connectivity index (χ0) is 14.6. The number of esters is 1. The van der Waals surface area contributed by atoms with Crippen molar-refractivity contribution in [2.24, 2.45) is 0 Å². The maximum absolute atomic E-state index is 12.2. The minimum Gasteiger partial charge on any atom is -0.462 e. The molecule has 0 aromatic heterocycles. The van der Waals surface area contributed by atoms with Crippen molar-refractivity contribution in [3.8, 4) is 5.75 Å². The molecule has 6 nitrogen and oxygen atoms in total. The number of ether oxygens (including phenoxy) is 2. The number of nitrogens with zero attached hydrogens (tertiary/aromatic N) is 1. The highest BCUT2D eigenvalue weighted by Crippen LogP contribution is 2.30. The van der Waals surface area contributed by atoms with Gasteiger partial charge in [0, 0.05) is 6.07 Å². The predicted molar refractivity (Wildman–Crippen MR) is 55.7 cm³/mol. The van der Waals surface area contributed by atoms with Gasteiger partial charge in [0.2, 0.25) is 0 Å². The number of hydrogen-bond donors (Lipinski definition) is 0. The molecule has 1 aromatic carbocycles. The Morgan fingerprint density at radius 3 is 2.53 bits per heavy atom. The molecule has 0 spiro atoms. The summed E-state index contributed by atoms with van der Waals surface area (Å²) in [5.41, 5.74) is -1.17. The molecule has 104 valence electrons. The van der Waals surface area contributed by atoms with Crippen molar-refractivity contribution in [1.82, 2.24) is 0 Å². The number of hydrogen-bond acceptors (Lipinski definition) is 5. The molecule has 19 heavy (non-hydrogen) atoms. The van der Waals surface area contributed by atoms with Gasteiger partial charge in [0.15, 0.2) is 5.75 Å². The lowest BCUT2D eigenvalue weighted by Crippen LogP contribution is -2.19. The van der Waals surface area contributed by atoms with Crippen molar-refractivity contribution in [2.45, 2.75) is 13.3 Å². The number of nitro benzene ring substituents is 1. The molecule has 0 radical (unpaired) electrons. The second kappa shape index (κ2) is 5.55. The van der Waals surface area contributed by atoms with E-state index >= 15 is 0 Å². The molecular formula is C10H8F3NO5. The largest absolute Gasteiger partial charge is 0.573 e. The summed E-state index contributed by atoms with van der Waals surface area (Å²) in [6.07, 6.45) is -5.07. The number of carbonyl (C=O) groups is 1. The van der Waals surface area contributed by atoms with E-state index in [1.165, 1.54) is 6.92 Å². The molecular weight excluding hydrogens is 271 g/mol. The molecule has 0 saturated carbocycles. The van der Waals surface area contributed by atoms with Gasteiger partial charge in [-0.05, 0) is 13.0 Å². The number of nitro groups is 1. The quantitative estimate of drug-likeness (QED) is 0.481. The lowest BCUT2D eigenvalue weighted by atomic mass is 10.2. The van der Waals surface area contributed by atoms with E-state index in [1.54, 1.807) is 0 Å². The molecule has 0 amide bonds. The van der Waals surface area contributed by atoms with E-state index in [1.807, 2.05) is 0 Å². The lowest BCUT2D eigenvalue weighted by molar-refractivity contribution is -0.385. The molecule has 1 rings (SSSR count). The Kier molecular flexibility index (Phi) is 4.30. The molecule has 9 heteroatoms. The maximum Gasteiger partial charge on any atom is 0.573 e. The van der Waals surface area contributed by atoms with Crippen molar-refractivity contribution in [2.75, 3.05) is 6.61 Å². The third-order valence-corrected chi connectivity index (χ3v) is 1.90. The Morgan fingerprint density at radius 2 is 2.05 bits per heavy atom. The first kappa shape index (κ1) is 14.7. The van der Waals surface area contributed by atoms with Crippen LogP contribution in [0.5, 0.6) is 5.75 Å². The van der Waals surface area contributed by atoms with Crippen LogP contribution in [0.25, 0.3) is 0 Å². The minimum absolute atomic E-state index is 0.0543. The Labute approximate surface area is 104 Å². The third kappa shape index (κ3) is 4.12. The van der Waals surface area contributed by atoms with Gasteiger partial charge >= 0.3 is 12.3 Å². The van der Waals surface area contributed by atoms with Crippen LogP contribution in [-0.4, -0.2) is 23.9 Å². The van der Waals surface area contributed by atoms with E-state index in [0.717, 1.165) is 12.1 Å². The lowest BCUT2D eigenvalue weighted by Gasteiger charge is -2.12. The summed E-state index contributed by atoms with van der Waals surface area (Å²) in [6, 6.07) is 2.24.